The van der Waals surface area contributed by atoms with Gasteiger partial charge in [-0.2, -0.15) is 4.68 Å². The number of carbonyl (C=O) groups is 1. The summed E-state index contributed by atoms with van der Waals surface area (Å²) in [6, 6.07) is 5.81. The number of hydrogen-bond acceptors (Lipinski definition) is 8. The molecule has 0 spiro atoms. The first-order chi connectivity index (χ1) is 15.2. The Labute approximate surface area is 181 Å². The number of nitrogens with zero attached hydrogens (tertiary/aromatic N) is 6. The van der Waals surface area contributed by atoms with Crippen molar-refractivity contribution in [1.29, 1.82) is 0 Å². The number of benzene rings is 1. The van der Waals surface area contributed by atoms with Crippen LogP contribution in [0.3, 0.4) is 0 Å². The molecule has 166 valence electrons. The molecule has 5 rings (SSSR count). The molecule has 0 aliphatic carbocycles. The molecule has 2 atom stereocenters. The van der Waals surface area contributed by atoms with Crippen molar-refractivity contribution < 1.29 is 19.0 Å². The summed E-state index contributed by atoms with van der Waals surface area (Å²) in [4.78, 5) is 16.9. The average Bonchev–Trinajstić information content (AvgIpc) is 3.52. The zero-order chi connectivity index (χ0) is 21.2. The summed E-state index contributed by atoms with van der Waals surface area (Å²) in [5.41, 5.74) is 0.842. The van der Waals surface area contributed by atoms with Crippen LogP contribution < -0.4 is 9.47 Å². The van der Waals surface area contributed by atoms with Gasteiger partial charge in [-0.05, 0) is 41.8 Å². The molecule has 3 aliphatic rings. The fourth-order valence-corrected chi connectivity index (χ4v) is 4.58. The third kappa shape index (κ3) is 3.97. The lowest BCUT2D eigenvalue weighted by molar-refractivity contribution is -0.143. The first-order valence-electron chi connectivity index (χ1n) is 11.1. The van der Waals surface area contributed by atoms with Gasteiger partial charge < -0.3 is 19.1 Å². The van der Waals surface area contributed by atoms with Gasteiger partial charge in [0.25, 0.3) is 5.91 Å². The lowest BCUT2D eigenvalue weighted by Crippen LogP contribution is -2.52. The van der Waals surface area contributed by atoms with Gasteiger partial charge in [0, 0.05) is 38.9 Å². The first kappa shape index (κ1) is 20.2. The normalized spacial score (nSPS) is 22.5. The van der Waals surface area contributed by atoms with Crippen LogP contribution in [0.2, 0.25) is 0 Å². The van der Waals surface area contributed by atoms with Crippen LogP contribution in [0.4, 0.5) is 0 Å². The predicted molar refractivity (Wildman–Crippen MR) is 110 cm³/mol. The van der Waals surface area contributed by atoms with E-state index >= 15 is 0 Å². The molecule has 0 N–H and O–H groups in total. The molecule has 4 heterocycles. The second-order valence-electron chi connectivity index (χ2n) is 8.06. The average molecular weight is 428 g/mol. The molecule has 1 aromatic heterocycles. The Kier molecular flexibility index (Phi) is 5.73. The lowest BCUT2D eigenvalue weighted by atomic mass is 10.1. The Morgan fingerprint density at radius 2 is 1.94 bits per heavy atom. The predicted octanol–water partition coefficient (Wildman–Crippen LogP) is 1.21. The van der Waals surface area contributed by atoms with Gasteiger partial charge in [0.15, 0.2) is 17.3 Å². The van der Waals surface area contributed by atoms with Gasteiger partial charge in [-0.1, -0.05) is 6.92 Å². The van der Waals surface area contributed by atoms with Gasteiger partial charge in [0.2, 0.25) is 0 Å². The van der Waals surface area contributed by atoms with E-state index in [9.17, 15) is 4.79 Å². The Hall–Kier alpha value is -2.72. The Morgan fingerprint density at radius 3 is 2.68 bits per heavy atom. The van der Waals surface area contributed by atoms with Crippen molar-refractivity contribution in [2.45, 2.75) is 38.3 Å². The standard InChI is InChI=1S/C21H28N6O4/c1-2-16(25-7-9-26(10-8-25)21(28)18-4-3-11-29-18)20-22-23-24-27(20)15-5-6-17-19(14-15)31-13-12-30-17/h5-6,14,16,18H,2-4,7-13H2,1H3. The van der Waals surface area contributed by atoms with E-state index in [2.05, 4.69) is 27.3 Å². The van der Waals surface area contributed by atoms with Crippen LogP contribution in [0.5, 0.6) is 11.5 Å². The fraction of sp³-hybridized carbons (Fsp3) is 0.619. The monoisotopic (exact) mass is 428 g/mol. The molecule has 1 amide bonds. The molecule has 2 unspecified atom stereocenters. The molecule has 1 aromatic carbocycles. The van der Waals surface area contributed by atoms with Gasteiger partial charge in [-0.25, -0.2) is 0 Å². The number of aromatic nitrogens is 4. The number of carbonyl (C=O) groups excluding carboxylic acids is 1. The smallest absolute Gasteiger partial charge is 0.251 e. The van der Waals surface area contributed by atoms with Crippen molar-refractivity contribution in [1.82, 2.24) is 30.0 Å². The summed E-state index contributed by atoms with van der Waals surface area (Å²) in [6.45, 7) is 6.87. The SMILES string of the molecule is CCC(c1nnnn1-c1ccc2c(c1)OCCO2)N1CCN(C(=O)C2CCCO2)CC1. The summed E-state index contributed by atoms with van der Waals surface area (Å²) >= 11 is 0. The van der Waals surface area contributed by atoms with Crippen LogP contribution in [0.15, 0.2) is 18.2 Å². The molecule has 3 aliphatic heterocycles. The second-order valence-corrected chi connectivity index (χ2v) is 8.06. The Bertz CT molecular complexity index is 920. The molecule has 2 fully saturated rings. The maximum Gasteiger partial charge on any atom is 0.251 e. The lowest BCUT2D eigenvalue weighted by Gasteiger charge is -2.39. The van der Waals surface area contributed by atoms with Crippen LogP contribution in [0, 0.1) is 0 Å². The van der Waals surface area contributed by atoms with Crippen molar-refractivity contribution in [2.75, 3.05) is 46.0 Å². The van der Waals surface area contributed by atoms with E-state index < -0.39 is 0 Å². The van der Waals surface area contributed by atoms with E-state index in [0.717, 1.165) is 49.6 Å². The number of tetrazole rings is 1. The molecule has 31 heavy (non-hydrogen) atoms. The van der Waals surface area contributed by atoms with E-state index in [-0.39, 0.29) is 18.1 Å². The number of fused-ring (bicyclic) bond motifs is 1. The molecular weight excluding hydrogens is 400 g/mol. The highest BCUT2D eigenvalue weighted by Gasteiger charge is 2.33. The highest BCUT2D eigenvalue weighted by Crippen LogP contribution is 2.33. The Balaban J connectivity index is 1.30. The van der Waals surface area contributed by atoms with E-state index in [1.807, 2.05) is 23.1 Å². The van der Waals surface area contributed by atoms with Gasteiger partial charge in [-0.3, -0.25) is 9.69 Å². The van der Waals surface area contributed by atoms with Crippen molar-refractivity contribution in [3.05, 3.63) is 24.0 Å². The maximum atomic E-state index is 12.7. The van der Waals surface area contributed by atoms with Gasteiger partial charge in [-0.15, -0.1) is 5.10 Å². The minimum absolute atomic E-state index is 0.0585. The van der Waals surface area contributed by atoms with Crippen LogP contribution in [-0.4, -0.2) is 88.0 Å². The highest BCUT2D eigenvalue weighted by molar-refractivity contribution is 5.81. The molecule has 0 radical (unpaired) electrons. The number of amides is 1. The molecule has 0 bridgehead atoms. The topological polar surface area (TPSA) is 94.8 Å². The van der Waals surface area contributed by atoms with Crippen molar-refractivity contribution in [3.8, 4) is 17.2 Å². The minimum Gasteiger partial charge on any atom is -0.486 e. The number of hydrogen-bond donors (Lipinski definition) is 0. The van der Waals surface area contributed by atoms with E-state index in [4.69, 9.17) is 14.2 Å². The van der Waals surface area contributed by atoms with Crippen molar-refractivity contribution >= 4 is 5.91 Å². The van der Waals surface area contributed by atoms with Crippen LogP contribution in [-0.2, 0) is 9.53 Å². The highest BCUT2D eigenvalue weighted by atomic mass is 16.6. The van der Waals surface area contributed by atoms with Crippen LogP contribution >= 0.6 is 0 Å². The summed E-state index contributed by atoms with van der Waals surface area (Å²) in [7, 11) is 0. The summed E-state index contributed by atoms with van der Waals surface area (Å²) in [5, 5.41) is 12.6. The molecule has 10 nitrogen and oxygen atoms in total. The van der Waals surface area contributed by atoms with Gasteiger partial charge >= 0.3 is 0 Å². The van der Waals surface area contributed by atoms with E-state index in [1.165, 1.54) is 0 Å². The molecule has 10 heteroatoms. The molecule has 2 aromatic rings. The molecule has 2 saturated heterocycles. The van der Waals surface area contributed by atoms with Crippen molar-refractivity contribution in [3.63, 3.8) is 0 Å². The number of rotatable bonds is 5. The third-order valence-corrected chi connectivity index (χ3v) is 6.22. The minimum atomic E-state index is -0.254. The van der Waals surface area contributed by atoms with Crippen molar-refractivity contribution in [2.24, 2.45) is 0 Å². The molecular formula is C21H28N6O4. The van der Waals surface area contributed by atoms with Crippen LogP contribution in [0.25, 0.3) is 5.69 Å². The largest absolute Gasteiger partial charge is 0.486 e. The second kappa shape index (κ2) is 8.80. The van der Waals surface area contributed by atoms with E-state index in [1.54, 1.807) is 4.68 Å². The van der Waals surface area contributed by atoms with E-state index in [0.29, 0.717) is 38.7 Å². The van der Waals surface area contributed by atoms with Crippen LogP contribution in [0.1, 0.15) is 38.1 Å². The maximum absolute atomic E-state index is 12.7. The third-order valence-electron chi connectivity index (χ3n) is 6.22. The first-order valence-corrected chi connectivity index (χ1v) is 11.1. The Morgan fingerprint density at radius 1 is 1.13 bits per heavy atom. The number of ether oxygens (including phenoxy) is 3. The van der Waals surface area contributed by atoms with Gasteiger partial charge in [0.1, 0.15) is 19.3 Å². The summed E-state index contributed by atoms with van der Waals surface area (Å²) in [5.74, 6) is 2.37. The number of piperazine rings is 1. The summed E-state index contributed by atoms with van der Waals surface area (Å²) < 4.78 is 18.7. The fourth-order valence-electron chi connectivity index (χ4n) is 4.58. The van der Waals surface area contributed by atoms with Gasteiger partial charge in [0.05, 0.1) is 11.7 Å². The molecule has 0 saturated carbocycles. The zero-order valence-corrected chi connectivity index (χ0v) is 17.8. The summed E-state index contributed by atoms with van der Waals surface area (Å²) in [6.07, 6.45) is 2.42. The zero-order valence-electron chi connectivity index (χ0n) is 17.8. The quantitative estimate of drug-likeness (QED) is 0.701.